The van der Waals surface area contributed by atoms with Gasteiger partial charge >= 0.3 is 5.76 Å². The van der Waals surface area contributed by atoms with E-state index in [0.717, 1.165) is 12.8 Å². The zero-order valence-corrected chi connectivity index (χ0v) is 17.2. The molecule has 0 saturated heterocycles. The normalized spacial score (nSPS) is 18.6. The Balaban J connectivity index is 1.35. The molecule has 1 aromatic carbocycles. The molecule has 0 spiro atoms. The van der Waals surface area contributed by atoms with Crippen LogP contribution >= 0.6 is 11.6 Å². The second-order valence-electron chi connectivity index (χ2n) is 7.65. The zero-order valence-electron chi connectivity index (χ0n) is 16.4. The molecule has 9 nitrogen and oxygen atoms in total. The van der Waals surface area contributed by atoms with Gasteiger partial charge in [0.05, 0.1) is 11.8 Å². The molecule has 1 saturated carbocycles. The Hall–Kier alpha value is -3.14. The fraction of sp³-hybridized carbons (Fsp3) is 0.316. The lowest BCUT2D eigenvalue weighted by Crippen LogP contribution is -2.31. The largest absolute Gasteiger partial charge is 0.437 e. The van der Waals surface area contributed by atoms with Gasteiger partial charge in [-0.2, -0.15) is 4.68 Å². The minimum Gasteiger partial charge on any atom is -0.390 e. The third-order valence-corrected chi connectivity index (χ3v) is 6.05. The highest BCUT2D eigenvalue weighted by Gasteiger charge is 2.34. The number of aryl methyl sites for hydroxylation is 1. The second kappa shape index (κ2) is 6.98. The van der Waals surface area contributed by atoms with E-state index in [4.69, 9.17) is 16.0 Å². The topological polar surface area (TPSA) is 101 Å². The maximum atomic E-state index is 12.8. The molecular weight excluding hydrogens is 407 g/mol. The van der Waals surface area contributed by atoms with Crippen molar-refractivity contribution in [1.82, 2.24) is 28.9 Å². The summed E-state index contributed by atoms with van der Waals surface area (Å²) in [5.74, 6) is 0.0294. The molecule has 0 atom stereocenters. The van der Waals surface area contributed by atoms with Crippen LogP contribution in [0.3, 0.4) is 0 Å². The van der Waals surface area contributed by atoms with Crippen molar-refractivity contribution >= 4 is 36.3 Å². The fourth-order valence-electron chi connectivity index (χ4n) is 3.91. The van der Waals surface area contributed by atoms with Crippen molar-refractivity contribution in [2.75, 3.05) is 0 Å². The Labute approximate surface area is 176 Å². The molecule has 1 aliphatic carbocycles. The van der Waals surface area contributed by atoms with Gasteiger partial charge in [0.1, 0.15) is 12.9 Å². The summed E-state index contributed by atoms with van der Waals surface area (Å²) in [6.45, 7) is 0.0293. The van der Waals surface area contributed by atoms with Gasteiger partial charge in [-0.25, -0.2) is 14.8 Å². The summed E-state index contributed by atoms with van der Waals surface area (Å²) < 4.78 is 9.75. The third kappa shape index (κ3) is 3.07. The maximum Gasteiger partial charge on any atom is 0.437 e. The predicted octanol–water partition coefficient (Wildman–Crippen LogP) is 0.358. The number of imidazole rings is 1. The Morgan fingerprint density at radius 3 is 2.70 bits per heavy atom. The number of rotatable bonds is 4. The summed E-state index contributed by atoms with van der Waals surface area (Å²) in [5, 5.41) is 5.03. The third-order valence-electron chi connectivity index (χ3n) is 5.80. The predicted molar refractivity (Wildman–Crippen MR) is 113 cm³/mol. The summed E-state index contributed by atoms with van der Waals surface area (Å²) in [6, 6.07) is 7.74. The van der Waals surface area contributed by atoms with Crippen LogP contribution in [0.15, 0.2) is 44.6 Å². The number of benzene rings is 1. The van der Waals surface area contributed by atoms with Crippen molar-refractivity contribution in [2.45, 2.75) is 31.3 Å². The highest BCUT2D eigenvalue weighted by atomic mass is 35.5. The molecule has 5 rings (SSSR count). The SMILES string of the molecule is Bc1nc2ncn(Cc3nn(C4CC(c5ccc(Cl)cc5)C4)c(=O)o3)c(=O)c2n1C. The quantitative estimate of drug-likeness (QED) is 0.438. The van der Waals surface area contributed by atoms with Crippen LogP contribution in [0.5, 0.6) is 0 Å². The Bertz CT molecular complexity index is 1360. The molecule has 30 heavy (non-hydrogen) atoms. The van der Waals surface area contributed by atoms with E-state index in [1.54, 1.807) is 11.6 Å². The molecule has 0 aliphatic heterocycles. The lowest BCUT2D eigenvalue weighted by molar-refractivity contribution is 0.233. The molecule has 3 heterocycles. The Morgan fingerprint density at radius 1 is 1.23 bits per heavy atom. The summed E-state index contributed by atoms with van der Waals surface area (Å²) in [5.41, 5.74) is 2.44. The molecule has 1 aliphatic rings. The number of hydrogen-bond donors (Lipinski definition) is 0. The highest BCUT2D eigenvalue weighted by molar-refractivity contribution is 6.30. The van der Waals surface area contributed by atoms with Gasteiger partial charge in [-0.3, -0.25) is 9.36 Å². The van der Waals surface area contributed by atoms with Crippen molar-refractivity contribution in [2.24, 2.45) is 7.05 Å². The number of aromatic nitrogens is 6. The van der Waals surface area contributed by atoms with Gasteiger partial charge in [-0.15, -0.1) is 5.10 Å². The van der Waals surface area contributed by atoms with E-state index in [1.165, 1.54) is 21.1 Å². The summed E-state index contributed by atoms with van der Waals surface area (Å²) >= 11 is 5.94. The van der Waals surface area contributed by atoms with Gasteiger partial charge in [-0.1, -0.05) is 23.7 Å². The minimum atomic E-state index is -0.511. The molecule has 4 aromatic rings. The average molecular weight is 425 g/mol. The van der Waals surface area contributed by atoms with E-state index in [2.05, 4.69) is 15.1 Å². The van der Waals surface area contributed by atoms with E-state index >= 15 is 0 Å². The average Bonchev–Trinajstić information content (AvgIpc) is 3.18. The molecule has 152 valence electrons. The van der Waals surface area contributed by atoms with Gasteiger partial charge in [0, 0.05) is 12.1 Å². The van der Waals surface area contributed by atoms with E-state index in [-0.39, 0.29) is 24.0 Å². The van der Waals surface area contributed by atoms with Crippen LogP contribution in [0.1, 0.15) is 36.3 Å². The van der Waals surface area contributed by atoms with E-state index in [9.17, 15) is 9.59 Å². The van der Waals surface area contributed by atoms with Crippen LogP contribution in [0.2, 0.25) is 5.02 Å². The first-order valence-corrected chi connectivity index (χ1v) is 10.0. The van der Waals surface area contributed by atoms with Gasteiger partial charge in [0.25, 0.3) is 5.56 Å². The minimum absolute atomic E-state index is 0.0206. The monoisotopic (exact) mass is 424 g/mol. The first-order chi connectivity index (χ1) is 14.4. The van der Waals surface area contributed by atoms with Gasteiger partial charge in [-0.05, 0) is 36.5 Å². The molecule has 0 radical (unpaired) electrons. The standard InChI is InChI=1S/C19H18BClN6O3/c1-25-15-16(23-18(25)20)22-9-26(17(15)28)8-14-24-27(19(29)30-14)13-6-11(7-13)10-2-4-12(21)5-3-10/h2-5,9,11,13H,6-8,20H2,1H3. The van der Waals surface area contributed by atoms with Crippen LogP contribution in [0, 0.1) is 0 Å². The van der Waals surface area contributed by atoms with Crippen molar-refractivity contribution in [3.8, 4) is 0 Å². The molecule has 3 aromatic heterocycles. The molecular formula is C19H18BClN6O3. The Morgan fingerprint density at radius 2 is 1.97 bits per heavy atom. The lowest BCUT2D eigenvalue weighted by atomic mass is 9.76. The highest BCUT2D eigenvalue weighted by Crippen LogP contribution is 2.43. The van der Waals surface area contributed by atoms with Crippen molar-refractivity contribution in [3.05, 3.63) is 68.0 Å². The van der Waals surface area contributed by atoms with Crippen LogP contribution in [-0.2, 0) is 13.6 Å². The number of hydrogen-bond acceptors (Lipinski definition) is 6. The van der Waals surface area contributed by atoms with Crippen LogP contribution in [-0.4, -0.2) is 36.7 Å². The van der Waals surface area contributed by atoms with Crippen LogP contribution in [0.4, 0.5) is 0 Å². The molecule has 0 bridgehead atoms. The van der Waals surface area contributed by atoms with Gasteiger partial charge in [0.15, 0.2) is 19.0 Å². The van der Waals surface area contributed by atoms with Gasteiger partial charge < -0.3 is 8.98 Å². The molecule has 0 amide bonds. The first-order valence-electron chi connectivity index (χ1n) is 9.63. The fourth-order valence-corrected chi connectivity index (χ4v) is 4.04. The lowest BCUT2D eigenvalue weighted by Gasteiger charge is -2.34. The second-order valence-corrected chi connectivity index (χ2v) is 8.08. The summed E-state index contributed by atoms with van der Waals surface area (Å²) in [4.78, 5) is 33.6. The van der Waals surface area contributed by atoms with E-state index < -0.39 is 5.76 Å². The van der Waals surface area contributed by atoms with Crippen molar-refractivity contribution in [3.63, 3.8) is 0 Å². The van der Waals surface area contributed by atoms with Crippen molar-refractivity contribution < 1.29 is 4.42 Å². The number of halogens is 1. The van der Waals surface area contributed by atoms with Crippen LogP contribution < -0.4 is 17.0 Å². The van der Waals surface area contributed by atoms with Gasteiger partial charge in [0.2, 0.25) is 5.89 Å². The zero-order chi connectivity index (χ0) is 21.0. The number of nitrogens with zero attached hydrogens (tertiary/aromatic N) is 6. The molecule has 1 fully saturated rings. The van der Waals surface area contributed by atoms with Crippen molar-refractivity contribution in [1.29, 1.82) is 0 Å². The first kappa shape index (κ1) is 18.9. The molecule has 0 N–H and O–H groups in total. The summed E-state index contributed by atoms with van der Waals surface area (Å²) in [7, 11) is 3.57. The maximum absolute atomic E-state index is 12.8. The smallest absolute Gasteiger partial charge is 0.390 e. The van der Waals surface area contributed by atoms with E-state index in [1.807, 2.05) is 32.1 Å². The summed E-state index contributed by atoms with van der Waals surface area (Å²) in [6.07, 6.45) is 3.00. The molecule has 11 heteroatoms. The molecule has 0 unspecified atom stereocenters. The van der Waals surface area contributed by atoms with Crippen LogP contribution in [0.25, 0.3) is 11.2 Å². The number of fused-ring (bicyclic) bond motifs is 1. The van der Waals surface area contributed by atoms with E-state index in [0.29, 0.717) is 27.8 Å². The Kier molecular flexibility index (Phi) is 4.39.